The molecule has 0 spiro atoms. The normalized spacial score (nSPS) is 10.7. The fraction of sp³-hybridized carbons (Fsp3) is 1.00. The van der Waals surface area contributed by atoms with Crippen molar-refractivity contribution in [1.29, 1.82) is 0 Å². The maximum absolute atomic E-state index is 2.43. The smallest absolute Gasteiger partial charge is 0.0354 e. The lowest BCUT2D eigenvalue weighted by molar-refractivity contribution is 0.291. The third-order valence-electron chi connectivity index (χ3n) is 3.88. The molecule has 0 heterocycles. The van der Waals surface area contributed by atoms with Crippen molar-refractivity contribution >= 4 is 12.4 Å². The van der Waals surface area contributed by atoms with Crippen LogP contribution in [0.25, 0.3) is 0 Å². The molecule has 0 amide bonds. The van der Waals surface area contributed by atoms with E-state index < -0.39 is 0 Å². The van der Waals surface area contributed by atoms with Gasteiger partial charge in [-0.3, -0.25) is 0 Å². The highest BCUT2D eigenvalue weighted by Crippen LogP contribution is 2.29. The van der Waals surface area contributed by atoms with Gasteiger partial charge in [0, 0.05) is 0 Å². The number of unbranched alkanes of at least 4 members (excludes halogenated alkanes) is 8. The third-order valence-corrected chi connectivity index (χ3v) is 3.88. The van der Waals surface area contributed by atoms with E-state index >= 15 is 0 Å². The van der Waals surface area contributed by atoms with E-state index in [9.17, 15) is 0 Å². The fourth-order valence-electron chi connectivity index (χ4n) is 2.72. The molecule has 0 aromatic heterocycles. The summed E-state index contributed by atoms with van der Waals surface area (Å²) in [4.78, 5) is 0. The van der Waals surface area contributed by atoms with Crippen molar-refractivity contribution in [2.75, 3.05) is 0 Å². The molecule has 0 radical (unpaired) electrons. The van der Waals surface area contributed by atoms with Crippen molar-refractivity contribution in [1.82, 2.24) is 6.15 Å². The summed E-state index contributed by atoms with van der Waals surface area (Å²) in [6.07, 6.45) is 17.2. The average Bonchev–Trinajstić information content (AvgIpc) is 2.27. The monoisotopic (exact) mass is 293 g/mol. The Morgan fingerprint density at radius 2 is 1.00 bits per heavy atom. The highest BCUT2D eigenvalue weighted by molar-refractivity contribution is 5.85. The summed E-state index contributed by atoms with van der Waals surface area (Å²) in [5.41, 5.74) is 0.593. The van der Waals surface area contributed by atoms with E-state index in [-0.39, 0.29) is 18.6 Å². The van der Waals surface area contributed by atoms with E-state index in [0.29, 0.717) is 5.41 Å². The van der Waals surface area contributed by atoms with Crippen LogP contribution in [0.3, 0.4) is 0 Å². The van der Waals surface area contributed by atoms with Crippen LogP contribution in [0.15, 0.2) is 0 Å². The van der Waals surface area contributed by atoms with E-state index in [1.165, 1.54) is 77.0 Å². The zero-order valence-electron chi connectivity index (χ0n) is 14.1. The van der Waals surface area contributed by atoms with Gasteiger partial charge in [0.15, 0.2) is 0 Å². The summed E-state index contributed by atoms with van der Waals surface area (Å²) in [7, 11) is 0. The van der Waals surface area contributed by atoms with E-state index in [1.54, 1.807) is 0 Å². The van der Waals surface area contributed by atoms with Gasteiger partial charge in [0.2, 0.25) is 0 Å². The van der Waals surface area contributed by atoms with Gasteiger partial charge in [0.05, 0.1) is 0 Å². The number of hydrogen-bond acceptors (Lipinski definition) is 1. The predicted molar refractivity (Wildman–Crippen MR) is 92.8 cm³/mol. The lowest BCUT2D eigenvalue weighted by Gasteiger charge is -2.23. The van der Waals surface area contributed by atoms with Gasteiger partial charge >= 0.3 is 0 Å². The Morgan fingerprint density at radius 1 is 0.579 bits per heavy atom. The lowest BCUT2D eigenvalue weighted by atomic mass is 9.83. The molecular weight excluding hydrogens is 254 g/mol. The summed E-state index contributed by atoms with van der Waals surface area (Å²) in [5, 5.41) is 0. The van der Waals surface area contributed by atoms with E-state index in [0.717, 1.165) is 0 Å². The summed E-state index contributed by atoms with van der Waals surface area (Å²) in [6, 6.07) is 0. The molecule has 0 aromatic carbocycles. The molecule has 3 N–H and O–H groups in total. The largest absolute Gasteiger partial charge is 0.344 e. The standard InChI is InChI=1S/C17H36.ClH.H3N/c1-5-7-8-9-10-11-12-13-14-16-17(3,4)15-6-2;;/h5-16H2,1-4H3;1H;1H3. The molecule has 19 heavy (non-hydrogen) atoms. The van der Waals surface area contributed by atoms with Gasteiger partial charge in [0.25, 0.3) is 0 Å². The molecule has 0 atom stereocenters. The molecule has 0 fully saturated rings. The molecule has 2 heteroatoms. The molecule has 1 nitrogen and oxygen atoms in total. The number of halogens is 1. The first-order valence-electron chi connectivity index (χ1n) is 8.12. The minimum Gasteiger partial charge on any atom is -0.344 e. The summed E-state index contributed by atoms with van der Waals surface area (Å²) in [6.45, 7) is 9.46. The highest BCUT2D eigenvalue weighted by Gasteiger charge is 2.15. The van der Waals surface area contributed by atoms with Crippen LogP contribution in [0.2, 0.25) is 0 Å². The Balaban J connectivity index is -0.00000128. The summed E-state index contributed by atoms with van der Waals surface area (Å²) in [5.74, 6) is 0. The van der Waals surface area contributed by atoms with Crippen LogP contribution in [-0.2, 0) is 0 Å². The van der Waals surface area contributed by atoms with Gasteiger partial charge in [-0.1, -0.05) is 91.9 Å². The van der Waals surface area contributed by atoms with E-state index in [2.05, 4.69) is 27.7 Å². The second-order valence-electron chi connectivity index (χ2n) is 6.49. The van der Waals surface area contributed by atoms with Crippen LogP contribution in [0.4, 0.5) is 0 Å². The first-order valence-corrected chi connectivity index (χ1v) is 8.12. The maximum atomic E-state index is 2.43. The minimum atomic E-state index is 0. The molecular formula is C17H40ClN. The third kappa shape index (κ3) is 18.2. The van der Waals surface area contributed by atoms with Crippen LogP contribution < -0.4 is 6.15 Å². The van der Waals surface area contributed by atoms with Crippen molar-refractivity contribution in [3.8, 4) is 0 Å². The first kappa shape index (κ1) is 24.3. The van der Waals surface area contributed by atoms with E-state index in [4.69, 9.17) is 0 Å². The average molecular weight is 294 g/mol. The SMILES string of the molecule is CCCCCCCCCCCC(C)(C)CCC.Cl.N. The molecule has 0 aliphatic carbocycles. The van der Waals surface area contributed by atoms with Gasteiger partial charge in [-0.15, -0.1) is 12.4 Å². The molecule has 0 saturated heterocycles. The Morgan fingerprint density at radius 3 is 1.42 bits per heavy atom. The molecule has 0 aromatic rings. The topological polar surface area (TPSA) is 35.0 Å². The van der Waals surface area contributed by atoms with Crippen molar-refractivity contribution in [2.24, 2.45) is 5.41 Å². The lowest BCUT2D eigenvalue weighted by Crippen LogP contribution is -2.10. The maximum Gasteiger partial charge on any atom is -0.0354 e. The number of hydrogen-bond donors (Lipinski definition) is 1. The first-order chi connectivity index (χ1) is 8.12. The Hall–Kier alpha value is 0.250. The van der Waals surface area contributed by atoms with Crippen LogP contribution in [0, 0.1) is 5.41 Å². The van der Waals surface area contributed by atoms with Gasteiger partial charge in [-0.2, -0.15) is 0 Å². The molecule has 0 rings (SSSR count). The van der Waals surface area contributed by atoms with Crippen LogP contribution in [-0.4, -0.2) is 0 Å². The van der Waals surface area contributed by atoms with E-state index in [1.807, 2.05) is 0 Å². The van der Waals surface area contributed by atoms with Crippen LogP contribution in [0.1, 0.15) is 105 Å². The fourth-order valence-corrected chi connectivity index (χ4v) is 2.72. The zero-order valence-corrected chi connectivity index (χ0v) is 14.9. The van der Waals surface area contributed by atoms with Crippen molar-refractivity contribution in [3.63, 3.8) is 0 Å². The highest BCUT2D eigenvalue weighted by atomic mass is 35.5. The summed E-state index contributed by atoms with van der Waals surface area (Å²) < 4.78 is 0. The van der Waals surface area contributed by atoms with Crippen molar-refractivity contribution in [3.05, 3.63) is 0 Å². The van der Waals surface area contributed by atoms with Gasteiger partial charge in [0.1, 0.15) is 0 Å². The second kappa shape index (κ2) is 16.3. The Labute approximate surface area is 129 Å². The molecule has 0 unspecified atom stereocenters. The number of rotatable bonds is 12. The van der Waals surface area contributed by atoms with Crippen LogP contribution >= 0.6 is 12.4 Å². The second-order valence-corrected chi connectivity index (χ2v) is 6.49. The van der Waals surface area contributed by atoms with Gasteiger partial charge in [-0.25, -0.2) is 0 Å². The molecule has 0 saturated carbocycles. The van der Waals surface area contributed by atoms with Crippen LogP contribution in [0.5, 0.6) is 0 Å². The zero-order chi connectivity index (χ0) is 13.0. The molecule has 0 aliphatic heterocycles. The Bertz CT molecular complexity index is 157. The minimum absolute atomic E-state index is 0. The molecule has 0 aliphatic rings. The van der Waals surface area contributed by atoms with Crippen molar-refractivity contribution in [2.45, 2.75) is 105 Å². The summed E-state index contributed by atoms with van der Waals surface area (Å²) >= 11 is 0. The van der Waals surface area contributed by atoms with Crippen molar-refractivity contribution < 1.29 is 0 Å². The van der Waals surface area contributed by atoms with Gasteiger partial charge < -0.3 is 6.15 Å². The Kier molecular flexibility index (Phi) is 20.8. The molecule has 0 bridgehead atoms. The van der Waals surface area contributed by atoms with Gasteiger partial charge in [-0.05, 0) is 18.3 Å². The molecule has 120 valence electrons. The predicted octanol–water partition coefficient (Wildman–Crippen LogP) is 7.32. The quantitative estimate of drug-likeness (QED) is 0.376.